The number of hydrogen-bond donors (Lipinski definition) is 2. The molecule has 0 aliphatic carbocycles. The van der Waals surface area contributed by atoms with Crippen LogP contribution >= 0.6 is 22.6 Å². The highest BCUT2D eigenvalue weighted by Crippen LogP contribution is 2.44. The summed E-state index contributed by atoms with van der Waals surface area (Å²) in [7, 11) is -1.12. The molecule has 1 spiro atoms. The summed E-state index contributed by atoms with van der Waals surface area (Å²) in [5, 5.41) is 11.7. The highest BCUT2D eigenvalue weighted by molar-refractivity contribution is 14.1. The van der Waals surface area contributed by atoms with Gasteiger partial charge in [-0.2, -0.15) is 10.2 Å². The first-order chi connectivity index (χ1) is 14.3. The largest absolute Gasteiger partial charge is 0.355 e. The van der Waals surface area contributed by atoms with Gasteiger partial charge in [-0.25, -0.2) is 18.9 Å². The normalized spacial score (nSPS) is 22.0. The summed E-state index contributed by atoms with van der Waals surface area (Å²) < 4.78 is 19.0. The van der Waals surface area contributed by atoms with Crippen molar-refractivity contribution in [2.75, 3.05) is 18.0 Å². The number of piperidine rings is 1. The summed E-state index contributed by atoms with van der Waals surface area (Å²) in [5.74, 6) is 0.856. The van der Waals surface area contributed by atoms with Gasteiger partial charge in [0, 0.05) is 30.4 Å². The van der Waals surface area contributed by atoms with Gasteiger partial charge in [-0.3, -0.25) is 9.78 Å². The standard InChI is InChI=1S/C19H25IN8OS/c1-18(2,3)30(29)26-12-11-28-13(4-7-22-28)19(12)5-8-27(9-6-19)14-10-21-15-16(20)24-25-17(15)23-14/h4,7,10,12,26H,5-6,8-9,11H2,1-3H3,(H,23,24,25)/t12-,30-/m1/s1. The van der Waals surface area contributed by atoms with Gasteiger partial charge >= 0.3 is 0 Å². The highest BCUT2D eigenvalue weighted by atomic mass is 127. The zero-order valence-electron chi connectivity index (χ0n) is 17.2. The number of H-pyrrole nitrogens is 1. The van der Waals surface area contributed by atoms with E-state index < -0.39 is 11.0 Å². The first-order valence-electron chi connectivity index (χ1n) is 10.1. The Labute approximate surface area is 191 Å². The summed E-state index contributed by atoms with van der Waals surface area (Å²) in [5.41, 5.74) is 2.62. The van der Waals surface area contributed by atoms with Crippen molar-refractivity contribution in [3.05, 3.63) is 27.9 Å². The monoisotopic (exact) mass is 540 g/mol. The van der Waals surface area contributed by atoms with Gasteiger partial charge in [0.25, 0.3) is 0 Å². The third kappa shape index (κ3) is 3.25. The lowest BCUT2D eigenvalue weighted by atomic mass is 9.72. The number of aromatic amines is 1. The number of nitrogens with zero attached hydrogens (tertiary/aromatic N) is 6. The van der Waals surface area contributed by atoms with Crippen molar-refractivity contribution >= 4 is 50.6 Å². The van der Waals surface area contributed by atoms with E-state index in [1.165, 1.54) is 5.69 Å². The number of hydrogen-bond acceptors (Lipinski definition) is 6. The smallest absolute Gasteiger partial charge is 0.202 e. The molecular weight excluding hydrogens is 515 g/mol. The van der Waals surface area contributed by atoms with Gasteiger partial charge in [-0.1, -0.05) is 0 Å². The Morgan fingerprint density at radius 1 is 1.33 bits per heavy atom. The fourth-order valence-corrected chi connectivity index (χ4v) is 5.95. The molecule has 160 valence electrons. The molecule has 3 aromatic heterocycles. The third-order valence-corrected chi connectivity index (χ3v) is 8.61. The molecule has 11 heteroatoms. The number of aromatic nitrogens is 6. The van der Waals surface area contributed by atoms with Crippen LogP contribution in [0.25, 0.3) is 11.2 Å². The molecule has 0 saturated carbocycles. The molecule has 2 aliphatic heterocycles. The Morgan fingerprint density at radius 3 is 2.83 bits per heavy atom. The van der Waals surface area contributed by atoms with Gasteiger partial charge in [0.15, 0.2) is 0 Å². The van der Waals surface area contributed by atoms with Crippen molar-refractivity contribution in [1.29, 1.82) is 0 Å². The second kappa shape index (κ2) is 7.23. The molecule has 30 heavy (non-hydrogen) atoms. The Bertz CT molecular complexity index is 1110. The second-order valence-electron chi connectivity index (χ2n) is 9.03. The SMILES string of the molecule is CC(C)(C)[S@@](=O)N[C@@H]1Cn2nccc2C12CCN(c1cnc3c(I)[nH]nc3n1)CC2. The van der Waals surface area contributed by atoms with E-state index in [1.54, 1.807) is 0 Å². The van der Waals surface area contributed by atoms with Gasteiger partial charge in [-0.15, -0.1) is 0 Å². The summed E-state index contributed by atoms with van der Waals surface area (Å²) in [6.07, 6.45) is 5.59. The van der Waals surface area contributed by atoms with E-state index in [-0.39, 0.29) is 16.2 Å². The minimum absolute atomic E-state index is 0.0762. The minimum atomic E-state index is -1.12. The van der Waals surface area contributed by atoms with E-state index in [0.717, 1.165) is 47.5 Å². The molecule has 1 fully saturated rings. The van der Waals surface area contributed by atoms with Crippen molar-refractivity contribution < 1.29 is 4.21 Å². The highest BCUT2D eigenvalue weighted by Gasteiger charge is 2.50. The van der Waals surface area contributed by atoms with E-state index in [2.05, 4.69) is 63.2 Å². The number of fused-ring (bicyclic) bond motifs is 3. The van der Waals surface area contributed by atoms with Crippen molar-refractivity contribution in [1.82, 2.24) is 34.7 Å². The summed E-state index contributed by atoms with van der Waals surface area (Å²) in [4.78, 5) is 11.5. The number of halogens is 1. The van der Waals surface area contributed by atoms with Gasteiger partial charge in [0.05, 0.1) is 34.5 Å². The quantitative estimate of drug-likeness (QED) is 0.494. The van der Waals surface area contributed by atoms with E-state index in [0.29, 0.717) is 5.65 Å². The van der Waals surface area contributed by atoms with Crippen molar-refractivity contribution in [2.24, 2.45) is 0 Å². The topological polar surface area (TPSA) is 105 Å². The first-order valence-corrected chi connectivity index (χ1v) is 12.3. The van der Waals surface area contributed by atoms with Crippen LogP contribution in [0.4, 0.5) is 5.82 Å². The third-order valence-electron chi connectivity index (χ3n) is 6.24. The van der Waals surface area contributed by atoms with Crippen LogP contribution in [0.2, 0.25) is 0 Å². The lowest BCUT2D eigenvalue weighted by Crippen LogP contribution is -2.54. The molecule has 2 atom stereocenters. The molecule has 0 bridgehead atoms. The zero-order chi connectivity index (χ0) is 21.1. The Hall–Kier alpha value is -1.60. The van der Waals surface area contributed by atoms with E-state index >= 15 is 0 Å². The molecule has 2 N–H and O–H groups in total. The lowest BCUT2D eigenvalue weighted by Gasteiger charge is -2.43. The van der Waals surface area contributed by atoms with Crippen molar-refractivity contribution in [2.45, 2.75) is 56.4 Å². The molecule has 1 saturated heterocycles. The Kier molecular flexibility index (Phi) is 4.89. The predicted octanol–water partition coefficient (Wildman–Crippen LogP) is 2.13. The number of rotatable bonds is 3. The van der Waals surface area contributed by atoms with Crippen molar-refractivity contribution in [3.8, 4) is 0 Å². The van der Waals surface area contributed by atoms with Gasteiger partial charge in [0.1, 0.15) is 15.0 Å². The minimum Gasteiger partial charge on any atom is -0.355 e. The van der Waals surface area contributed by atoms with E-state index in [1.807, 2.05) is 33.2 Å². The average molecular weight is 540 g/mol. The predicted molar refractivity (Wildman–Crippen MR) is 125 cm³/mol. The molecule has 3 aromatic rings. The molecule has 2 aliphatic rings. The molecule has 5 rings (SSSR count). The first kappa shape index (κ1) is 20.3. The fourth-order valence-electron chi connectivity index (χ4n) is 4.53. The Balaban J connectivity index is 1.39. The van der Waals surface area contributed by atoms with Crippen LogP contribution in [0, 0.1) is 3.70 Å². The zero-order valence-corrected chi connectivity index (χ0v) is 20.2. The maximum absolute atomic E-state index is 12.9. The van der Waals surface area contributed by atoms with Gasteiger partial charge in [-0.05, 0) is 62.3 Å². The molecule has 0 radical (unpaired) electrons. The fraction of sp³-hybridized carbons (Fsp3) is 0.579. The number of anilines is 1. The lowest BCUT2D eigenvalue weighted by molar-refractivity contribution is 0.278. The van der Waals surface area contributed by atoms with Crippen molar-refractivity contribution in [3.63, 3.8) is 0 Å². The summed E-state index contributed by atoms with van der Waals surface area (Å²) in [6.45, 7) is 8.47. The maximum Gasteiger partial charge on any atom is 0.202 e. The molecule has 5 heterocycles. The molecular formula is C19H25IN8OS. The maximum atomic E-state index is 12.9. The van der Waals surface area contributed by atoms with Crippen LogP contribution in [-0.2, 0) is 22.9 Å². The van der Waals surface area contributed by atoms with E-state index in [4.69, 9.17) is 4.98 Å². The van der Waals surface area contributed by atoms with Gasteiger partial charge < -0.3 is 4.90 Å². The average Bonchev–Trinajstić information content (AvgIpc) is 3.39. The molecule has 0 aromatic carbocycles. The number of nitrogens with one attached hydrogen (secondary N) is 2. The molecule has 9 nitrogen and oxygen atoms in total. The van der Waals surface area contributed by atoms with E-state index in [9.17, 15) is 4.21 Å². The van der Waals surface area contributed by atoms with Gasteiger partial charge in [0.2, 0.25) is 5.65 Å². The molecule has 0 unspecified atom stereocenters. The second-order valence-corrected chi connectivity index (χ2v) is 12.1. The summed E-state index contributed by atoms with van der Waals surface area (Å²) >= 11 is 2.18. The Morgan fingerprint density at radius 2 is 2.10 bits per heavy atom. The van der Waals surface area contributed by atoms with Crippen LogP contribution in [0.1, 0.15) is 39.3 Å². The summed E-state index contributed by atoms with van der Waals surface area (Å²) in [6, 6.07) is 2.22. The van der Waals surface area contributed by atoms with Crippen LogP contribution in [-0.4, -0.2) is 58.0 Å². The van der Waals surface area contributed by atoms with Crippen LogP contribution < -0.4 is 9.62 Å². The molecule has 0 amide bonds. The van der Waals surface area contributed by atoms with Crippen LogP contribution in [0.5, 0.6) is 0 Å². The van der Waals surface area contributed by atoms with Crippen LogP contribution in [0.3, 0.4) is 0 Å². The van der Waals surface area contributed by atoms with Crippen LogP contribution in [0.15, 0.2) is 18.5 Å².